The standard InChI is InChI=1S/C20H20N4O3/c1-3-16(22-12-14-5-4-10-21-11-14)17-18(25)23-20(27)24(19(17)26)15-8-6-13(2)7-9-15/h4-11,17H,3,12H2,1-2H3,(H,23,25,27). The zero-order valence-corrected chi connectivity index (χ0v) is 15.2. The van der Waals surface area contributed by atoms with Crippen LogP contribution in [0, 0.1) is 12.8 Å². The molecule has 1 aliphatic heterocycles. The number of aliphatic imine (C=N–C) groups is 1. The molecule has 4 amide bonds. The molecule has 1 aromatic carbocycles. The second-order valence-corrected chi connectivity index (χ2v) is 6.26. The number of aromatic nitrogens is 1. The van der Waals surface area contributed by atoms with Gasteiger partial charge in [0.25, 0.3) is 5.91 Å². The van der Waals surface area contributed by atoms with Crippen LogP contribution in [0.5, 0.6) is 0 Å². The highest BCUT2D eigenvalue weighted by atomic mass is 16.2. The molecule has 3 rings (SSSR count). The fraction of sp³-hybridized carbons (Fsp3) is 0.250. The van der Waals surface area contributed by atoms with Crippen LogP contribution in [0.25, 0.3) is 0 Å². The van der Waals surface area contributed by atoms with Crippen LogP contribution >= 0.6 is 0 Å². The fourth-order valence-electron chi connectivity index (χ4n) is 2.90. The highest BCUT2D eigenvalue weighted by Gasteiger charge is 2.43. The molecule has 2 aromatic rings. The van der Waals surface area contributed by atoms with Gasteiger partial charge < -0.3 is 0 Å². The van der Waals surface area contributed by atoms with Crippen molar-refractivity contribution in [3.8, 4) is 0 Å². The molecule has 1 aliphatic rings. The monoisotopic (exact) mass is 364 g/mol. The lowest BCUT2D eigenvalue weighted by molar-refractivity contribution is -0.131. The number of amides is 4. The average molecular weight is 364 g/mol. The Morgan fingerprint density at radius 2 is 1.93 bits per heavy atom. The van der Waals surface area contributed by atoms with Gasteiger partial charge in [-0.3, -0.25) is 24.9 Å². The molecular weight excluding hydrogens is 344 g/mol. The maximum absolute atomic E-state index is 13.0. The van der Waals surface area contributed by atoms with Crippen molar-refractivity contribution in [3.63, 3.8) is 0 Å². The van der Waals surface area contributed by atoms with E-state index in [0.29, 0.717) is 24.4 Å². The number of pyridine rings is 1. The largest absolute Gasteiger partial charge is 0.335 e. The predicted octanol–water partition coefficient (Wildman–Crippen LogP) is 2.64. The van der Waals surface area contributed by atoms with Crippen LogP contribution in [0.2, 0.25) is 0 Å². The summed E-state index contributed by atoms with van der Waals surface area (Å²) in [5, 5.41) is 2.27. The van der Waals surface area contributed by atoms with Gasteiger partial charge in [-0.1, -0.05) is 30.7 Å². The fourth-order valence-corrected chi connectivity index (χ4v) is 2.90. The van der Waals surface area contributed by atoms with Crippen LogP contribution in [0.3, 0.4) is 0 Å². The van der Waals surface area contributed by atoms with Gasteiger partial charge in [-0.15, -0.1) is 0 Å². The first kappa shape index (κ1) is 18.4. The Morgan fingerprint density at radius 3 is 2.56 bits per heavy atom. The van der Waals surface area contributed by atoms with Crippen LogP contribution in [-0.4, -0.2) is 28.5 Å². The van der Waals surface area contributed by atoms with Gasteiger partial charge in [0.2, 0.25) is 5.91 Å². The van der Waals surface area contributed by atoms with E-state index in [0.717, 1.165) is 16.0 Å². The van der Waals surface area contributed by atoms with E-state index in [9.17, 15) is 14.4 Å². The lowest BCUT2D eigenvalue weighted by Crippen LogP contribution is -2.60. The molecule has 1 N–H and O–H groups in total. The van der Waals surface area contributed by atoms with Crippen LogP contribution in [0.1, 0.15) is 24.5 Å². The number of imide groups is 2. The molecule has 0 bridgehead atoms. The molecule has 0 saturated carbocycles. The Morgan fingerprint density at radius 1 is 1.19 bits per heavy atom. The maximum Gasteiger partial charge on any atom is 0.335 e. The van der Waals surface area contributed by atoms with Crippen LogP contribution in [0.4, 0.5) is 10.5 Å². The zero-order chi connectivity index (χ0) is 19.4. The summed E-state index contributed by atoms with van der Waals surface area (Å²) in [6.45, 7) is 4.05. The first-order valence-corrected chi connectivity index (χ1v) is 8.69. The molecule has 138 valence electrons. The minimum atomic E-state index is -1.12. The molecule has 1 unspecified atom stereocenters. The van der Waals surface area contributed by atoms with Crippen LogP contribution < -0.4 is 10.2 Å². The molecule has 1 aromatic heterocycles. The number of rotatable bonds is 5. The molecule has 27 heavy (non-hydrogen) atoms. The SMILES string of the molecule is CCC(=NCc1cccnc1)C1C(=O)NC(=O)N(c2ccc(C)cc2)C1=O. The number of carbonyl (C=O) groups excluding carboxylic acids is 3. The molecule has 7 heteroatoms. The highest BCUT2D eigenvalue weighted by Crippen LogP contribution is 2.23. The molecule has 0 spiro atoms. The second-order valence-electron chi connectivity index (χ2n) is 6.26. The number of aryl methyl sites for hydroxylation is 1. The van der Waals surface area contributed by atoms with E-state index in [1.807, 2.05) is 19.9 Å². The Balaban J connectivity index is 1.90. The molecule has 2 heterocycles. The highest BCUT2D eigenvalue weighted by molar-refractivity contribution is 6.35. The van der Waals surface area contributed by atoms with E-state index in [1.165, 1.54) is 0 Å². The zero-order valence-electron chi connectivity index (χ0n) is 15.2. The number of barbiturate groups is 1. The molecule has 0 radical (unpaired) electrons. The lowest BCUT2D eigenvalue weighted by Gasteiger charge is -2.30. The Labute approximate surface area is 157 Å². The van der Waals surface area contributed by atoms with Gasteiger partial charge >= 0.3 is 6.03 Å². The van der Waals surface area contributed by atoms with E-state index in [4.69, 9.17) is 0 Å². The number of anilines is 1. The topological polar surface area (TPSA) is 91.7 Å². The van der Waals surface area contributed by atoms with Crippen molar-refractivity contribution in [2.45, 2.75) is 26.8 Å². The van der Waals surface area contributed by atoms with Gasteiger partial charge in [0.1, 0.15) is 0 Å². The molecule has 1 saturated heterocycles. The first-order chi connectivity index (χ1) is 13.0. The molecule has 1 fully saturated rings. The molecule has 7 nitrogen and oxygen atoms in total. The van der Waals surface area contributed by atoms with Gasteiger partial charge in [0.15, 0.2) is 5.92 Å². The van der Waals surface area contributed by atoms with Crippen molar-refractivity contribution in [3.05, 3.63) is 59.9 Å². The number of urea groups is 1. The number of hydrogen-bond donors (Lipinski definition) is 1. The van der Waals surface area contributed by atoms with Gasteiger partial charge in [0, 0.05) is 18.1 Å². The third-order valence-corrected chi connectivity index (χ3v) is 4.34. The van der Waals surface area contributed by atoms with Gasteiger partial charge in [-0.2, -0.15) is 0 Å². The summed E-state index contributed by atoms with van der Waals surface area (Å²) in [6, 6.07) is 9.89. The van der Waals surface area contributed by atoms with E-state index in [2.05, 4.69) is 15.3 Å². The van der Waals surface area contributed by atoms with Crippen molar-refractivity contribution in [2.24, 2.45) is 10.9 Å². The third-order valence-electron chi connectivity index (χ3n) is 4.34. The number of nitrogens with one attached hydrogen (secondary N) is 1. The van der Waals surface area contributed by atoms with Crippen LogP contribution in [-0.2, 0) is 16.1 Å². The number of hydrogen-bond acceptors (Lipinski definition) is 5. The second kappa shape index (κ2) is 7.90. The van der Waals surface area contributed by atoms with E-state index < -0.39 is 23.8 Å². The van der Waals surface area contributed by atoms with Gasteiger partial charge in [-0.05, 0) is 37.1 Å². The summed E-state index contributed by atoms with van der Waals surface area (Å²) in [5.41, 5.74) is 2.73. The maximum atomic E-state index is 13.0. The predicted molar refractivity (Wildman–Crippen MR) is 101 cm³/mol. The third kappa shape index (κ3) is 3.92. The summed E-state index contributed by atoms with van der Waals surface area (Å²) < 4.78 is 0. The minimum Gasteiger partial charge on any atom is -0.288 e. The van der Waals surface area contributed by atoms with E-state index >= 15 is 0 Å². The smallest absolute Gasteiger partial charge is 0.288 e. The first-order valence-electron chi connectivity index (χ1n) is 8.69. The Hall–Kier alpha value is -3.35. The van der Waals surface area contributed by atoms with Crippen molar-refractivity contribution in [1.82, 2.24) is 10.3 Å². The van der Waals surface area contributed by atoms with E-state index in [-0.39, 0.29) is 0 Å². The number of benzene rings is 1. The van der Waals surface area contributed by atoms with Gasteiger partial charge in [0.05, 0.1) is 12.2 Å². The summed E-state index contributed by atoms with van der Waals surface area (Å²) in [4.78, 5) is 47.1. The summed E-state index contributed by atoms with van der Waals surface area (Å²) >= 11 is 0. The minimum absolute atomic E-state index is 0.312. The van der Waals surface area contributed by atoms with Crippen molar-refractivity contribution >= 4 is 29.2 Å². The molecule has 1 atom stereocenters. The Bertz CT molecular complexity index is 891. The van der Waals surface area contributed by atoms with Crippen molar-refractivity contribution < 1.29 is 14.4 Å². The van der Waals surface area contributed by atoms with Gasteiger partial charge in [-0.25, -0.2) is 9.69 Å². The normalized spacial score (nSPS) is 17.9. The molecular formula is C20H20N4O3. The lowest BCUT2D eigenvalue weighted by atomic mass is 9.96. The summed E-state index contributed by atoms with van der Waals surface area (Å²) in [7, 11) is 0. The number of nitrogens with zero attached hydrogens (tertiary/aromatic N) is 3. The quantitative estimate of drug-likeness (QED) is 0.652. The van der Waals surface area contributed by atoms with Crippen molar-refractivity contribution in [2.75, 3.05) is 4.90 Å². The van der Waals surface area contributed by atoms with Crippen molar-refractivity contribution in [1.29, 1.82) is 0 Å². The van der Waals surface area contributed by atoms with Crippen LogP contribution in [0.15, 0.2) is 53.8 Å². The Kier molecular flexibility index (Phi) is 5.40. The molecule has 0 aliphatic carbocycles. The number of carbonyl (C=O) groups is 3. The summed E-state index contributed by atoms with van der Waals surface area (Å²) in [6.07, 6.45) is 3.76. The average Bonchev–Trinajstić information content (AvgIpc) is 2.66. The summed E-state index contributed by atoms with van der Waals surface area (Å²) in [5.74, 6) is -2.34. The van der Waals surface area contributed by atoms with E-state index in [1.54, 1.807) is 42.7 Å².